The summed E-state index contributed by atoms with van der Waals surface area (Å²) in [7, 11) is 0. The Morgan fingerprint density at radius 1 is 1.24 bits per heavy atom. The number of fused-ring (bicyclic) bond motifs is 1. The Labute approximate surface area is 176 Å². The molecule has 0 radical (unpaired) electrons. The summed E-state index contributed by atoms with van der Waals surface area (Å²) in [5, 5.41) is 12.0. The second kappa shape index (κ2) is 7.85. The van der Waals surface area contributed by atoms with Crippen molar-refractivity contribution < 1.29 is 9.90 Å². The lowest BCUT2D eigenvalue weighted by molar-refractivity contribution is 0.0272. The first-order chi connectivity index (χ1) is 13.9. The molecule has 1 aromatic heterocycles. The Hall–Kier alpha value is -2.30. The summed E-state index contributed by atoms with van der Waals surface area (Å²) in [6, 6.07) is 13.6. The van der Waals surface area contributed by atoms with Crippen molar-refractivity contribution in [2.24, 2.45) is 5.41 Å². The average Bonchev–Trinajstić information content (AvgIpc) is 3.01. The molecule has 1 aliphatic heterocycles. The van der Waals surface area contributed by atoms with Crippen molar-refractivity contribution >= 4 is 28.4 Å². The van der Waals surface area contributed by atoms with E-state index in [4.69, 9.17) is 11.6 Å². The Kier molecular flexibility index (Phi) is 5.41. The van der Waals surface area contributed by atoms with Gasteiger partial charge < -0.3 is 15.0 Å². The Morgan fingerprint density at radius 3 is 2.83 bits per heavy atom. The molecular formula is C24H27ClN2O2. The third-order valence-corrected chi connectivity index (χ3v) is 6.54. The van der Waals surface area contributed by atoms with Gasteiger partial charge in [0.2, 0.25) is 0 Å². The van der Waals surface area contributed by atoms with Gasteiger partial charge in [-0.05, 0) is 74.6 Å². The normalized spacial score (nSPS) is 19.7. The molecule has 4 rings (SSSR count). The first-order valence-electron chi connectivity index (χ1n) is 10.1. The van der Waals surface area contributed by atoms with Gasteiger partial charge in [-0.15, -0.1) is 0 Å². The number of hydrogen-bond donors (Lipinski definition) is 2. The molecule has 152 valence electrons. The number of nitrogens with one attached hydrogen (secondary N) is 1. The van der Waals surface area contributed by atoms with E-state index in [1.165, 1.54) is 5.56 Å². The molecule has 1 unspecified atom stereocenters. The lowest BCUT2D eigenvalue weighted by Gasteiger charge is -2.42. The maximum atomic E-state index is 13.3. The number of likely N-dealkylation sites (tertiary alicyclic amines) is 1. The Balaban J connectivity index is 1.58. The summed E-state index contributed by atoms with van der Waals surface area (Å²) in [5.74, 6) is 0.0359. The van der Waals surface area contributed by atoms with Crippen LogP contribution in [-0.4, -0.2) is 40.6 Å². The number of carbonyl (C=O) groups is 1. The number of amides is 1. The number of benzene rings is 2. The fraction of sp³-hybridized carbons (Fsp3) is 0.375. The van der Waals surface area contributed by atoms with E-state index in [-0.39, 0.29) is 17.9 Å². The highest BCUT2D eigenvalue weighted by Crippen LogP contribution is 2.35. The van der Waals surface area contributed by atoms with Crippen molar-refractivity contribution in [1.82, 2.24) is 9.88 Å². The molecule has 0 bridgehead atoms. The highest BCUT2D eigenvalue weighted by Gasteiger charge is 2.37. The number of aryl methyl sites for hydroxylation is 2. The van der Waals surface area contributed by atoms with Crippen LogP contribution in [0.25, 0.3) is 10.9 Å². The van der Waals surface area contributed by atoms with Gasteiger partial charge in [-0.25, -0.2) is 0 Å². The molecule has 1 amide bonds. The molecule has 2 aromatic carbocycles. The van der Waals surface area contributed by atoms with E-state index in [9.17, 15) is 9.90 Å². The second-order valence-electron chi connectivity index (χ2n) is 8.43. The standard InChI is InChI=1S/C24H27ClN2O2/c1-16-17(2)26-22-8-7-19(12-21(16)22)23(29)27-10-4-9-24(14-27,15-28)13-18-5-3-6-20(25)11-18/h3,5-8,11-12,26,28H,4,9-10,13-15H2,1-2H3. The van der Waals surface area contributed by atoms with Crippen LogP contribution in [0.1, 0.15) is 40.0 Å². The van der Waals surface area contributed by atoms with Crippen LogP contribution in [0.4, 0.5) is 0 Å². The van der Waals surface area contributed by atoms with Gasteiger partial charge in [0, 0.05) is 45.7 Å². The van der Waals surface area contributed by atoms with Gasteiger partial charge in [0.25, 0.3) is 5.91 Å². The summed E-state index contributed by atoms with van der Waals surface area (Å²) in [5.41, 5.74) is 4.84. The van der Waals surface area contributed by atoms with E-state index in [2.05, 4.69) is 11.9 Å². The van der Waals surface area contributed by atoms with Crippen LogP contribution in [0.5, 0.6) is 0 Å². The number of piperidine rings is 1. The van der Waals surface area contributed by atoms with Crippen molar-refractivity contribution in [3.8, 4) is 0 Å². The minimum absolute atomic E-state index is 0.0359. The molecule has 5 heteroatoms. The minimum Gasteiger partial charge on any atom is -0.396 e. The molecule has 29 heavy (non-hydrogen) atoms. The van der Waals surface area contributed by atoms with E-state index in [0.29, 0.717) is 23.6 Å². The maximum absolute atomic E-state index is 13.3. The molecule has 2 N–H and O–H groups in total. The summed E-state index contributed by atoms with van der Waals surface area (Å²) < 4.78 is 0. The van der Waals surface area contributed by atoms with Gasteiger partial charge >= 0.3 is 0 Å². The monoisotopic (exact) mass is 410 g/mol. The van der Waals surface area contributed by atoms with Crippen LogP contribution in [-0.2, 0) is 6.42 Å². The lowest BCUT2D eigenvalue weighted by Crippen LogP contribution is -2.49. The van der Waals surface area contributed by atoms with E-state index in [0.717, 1.165) is 41.5 Å². The van der Waals surface area contributed by atoms with E-state index in [1.807, 2.05) is 54.3 Å². The highest BCUT2D eigenvalue weighted by atomic mass is 35.5. The van der Waals surface area contributed by atoms with E-state index < -0.39 is 0 Å². The predicted molar refractivity (Wildman–Crippen MR) is 118 cm³/mol. The van der Waals surface area contributed by atoms with Crippen LogP contribution in [0.2, 0.25) is 5.02 Å². The number of aliphatic hydroxyl groups is 1. The largest absolute Gasteiger partial charge is 0.396 e. The quantitative estimate of drug-likeness (QED) is 0.643. The van der Waals surface area contributed by atoms with Crippen molar-refractivity contribution in [1.29, 1.82) is 0 Å². The number of rotatable bonds is 4. The van der Waals surface area contributed by atoms with Crippen LogP contribution >= 0.6 is 11.6 Å². The molecule has 1 fully saturated rings. The van der Waals surface area contributed by atoms with Gasteiger partial charge in [0.15, 0.2) is 0 Å². The van der Waals surface area contributed by atoms with Crippen molar-refractivity contribution in [3.63, 3.8) is 0 Å². The summed E-state index contributed by atoms with van der Waals surface area (Å²) in [6.45, 7) is 5.45. The molecule has 3 aromatic rings. The third kappa shape index (κ3) is 3.92. The Morgan fingerprint density at radius 2 is 2.07 bits per heavy atom. The summed E-state index contributed by atoms with van der Waals surface area (Å²) in [6.07, 6.45) is 2.50. The molecule has 1 aliphatic rings. The van der Waals surface area contributed by atoms with Gasteiger partial charge in [0.1, 0.15) is 0 Å². The number of nitrogens with zero attached hydrogens (tertiary/aromatic N) is 1. The van der Waals surface area contributed by atoms with Gasteiger partial charge in [0.05, 0.1) is 6.61 Å². The van der Waals surface area contributed by atoms with Gasteiger partial charge in [-0.2, -0.15) is 0 Å². The zero-order valence-electron chi connectivity index (χ0n) is 17.0. The maximum Gasteiger partial charge on any atom is 0.253 e. The van der Waals surface area contributed by atoms with Crippen LogP contribution in [0.15, 0.2) is 42.5 Å². The van der Waals surface area contributed by atoms with Crippen LogP contribution < -0.4 is 0 Å². The molecule has 0 aliphatic carbocycles. The molecule has 1 atom stereocenters. The van der Waals surface area contributed by atoms with Gasteiger partial charge in [-0.1, -0.05) is 23.7 Å². The molecule has 4 nitrogen and oxygen atoms in total. The fourth-order valence-corrected chi connectivity index (χ4v) is 4.78. The predicted octanol–water partition coefficient (Wildman–Crippen LogP) is 4.90. The molecule has 0 spiro atoms. The number of carbonyl (C=O) groups excluding carboxylic acids is 1. The number of hydrogen-bond acceptors (Lipinski definition) is 2. The number of aromatic nitrogens is 1. The zero-order valence-corrected chi connectivity index (χ0v) is 17.7. The smallest absolute Gasteiger partial charge is 0.253 e. The van der Waals surface area contributed by atoms with Gasteiger partial charge in [-0.3, -0.25) is 4.79 Å². The summed E-state index contributed by atoms with van der Waals surface area (Å²) >= 11 is 6.14. The SMILES string of the molecule is Cc1[nH]c2ccc(C(=O)N3CCCC(CO)(Cc4cccc(Cl)c4)C3)cc2c1C. The zero-order chi connectivity index (χ0) is 20.6. The number of halogens is 1. The van der Waals surface area contributed by atoms with Crippen LogP contribution in [0.3, 0.4) is 0 Å². The molecule has 1 saturated heterocycles. The van der Waals surface area contributed by atoms with E-state index in [1.54, 1.807) is 0 Å². The number of aromatic amines is 1. The lowest BCUT2D eigenvalue weighted by atomic mass is 9.75. The van der Waals surface area contributed by atoms with Crippen LogP contribution in [0, 0.1) is 19.3 Å². The Bertz CT molecular complexity index is 1060. The van der Waals surface area contributed by atoms with Crippen molar-refractivity contribution in [2.45, 2.75) is 33.1 Å². The second-order valence-corrected chi connectivity index (χ2v) is 8.87. The topological polar surface area (TPSA) is 56.3 Å². The highest BCUT2D eigenvalue weighted by molar-refractivity contribution is 6.30. The number of aliphatic hydroxyl groups excluding tert-OH is 1. The van der Waals surface area contributed by atoms with E-state index >= 15 is 0 Å². The first-order valence-corrected chi connectivity index (χ1v) is 10.5. The molecule has 0 saturated carbocycles. The molecule has 2 heterocycles. The average molecular weight is 411 g/mol. The number of H-pyrrole nitrogens is 1. The minimum atomic E-state index is -0.330. The van der Waals surface area contributed by atoms with Crippen molar-refractivity contribution in [2.75, 3.05) is 19.7 Å². The fourth-order valence-electron chi connectivity index (χ4n) is 4.57. The van der Waals surface area contributed by atoms with Crippen molar-refractivity contribution in [3.05, 3.63) is 69.9 Å². The third-order valence-electron chi connectivity index (χ3n) is 6.31. The molecular weight excluding hydrogens is 384 g/mol. The summed E-state index contributed by atoms with van der Waals surface area (Å²) in [4.78, 5) is 18.5. The first kappa shape index (κ1) is 20.0.